The summed E-state index contributed by atoms with van der Waals surface area (Å²) in [5, 5.41) is 0. The number of nitrogens with two attached hydrogens (primary N) is 1. The Morgan fingerprint density at radius 3 is 3.00 bits per heavy atom. The standard InChI is InChI=1S/C14H22N4O/c1-2-5-12-6-3-4-9-18(12)14(19)11-7-8-13(17-15)16-10-11/h7-8,10,12H,2-6,9,15H2,1H3,(H,16,17). The van der Waals surface area contributed by atoms with Crippen LogP contribution in [0.15, 0.2) is 18.3 Å². The first-order valence-corrected chi connectivity index (χ1v) is 7.00. The zero-order valence-electron chi connectivity index (χ0n) is 11.4. The molecular weight excluding hydrogens is 240 g/mol. The van der Waals surface area contributed by atoms with Crippen molar-refractivity contribution in [3.8, 4) is 0 Å². The number of pyridine rings is 1. The number of rotatable bonds is 4. The Hall–Kier alpha value is -1.62. The Balaban J connectivity index is 2.11. The number of hydrogen-bond acceptors (Lipinski definition) is 4. The van der Waals surface area contributed by atoms with Gasteiger partial charge in [0.05, 0.1) is 5.56 Å². The first-order chi connectivity index (χ1) is 9.26. The molecule has 0 aliphatic carbocycles. The van der Waals surface area contributed by atoms with E-state index in [1.807, 2.05) is 4.90 Å². The number of aromatic nitrogens is 1. The van der Waals surface area contributed by atoms with Crippen LogP contribution < -0.4 is 11.3 Å². The van der Waals surface area contributed by atoms with Crippen molar-refractivity contribution in [3.05, 3.63) is 23.9 Å². The summed E-state index contributed by atoms with van der Waals surface area (Å²) in [6.07, 6.45) is 7.24. The number of likely N-dealkylation sites (tertiary alicyclic amines) is 1. The second-order valence-electron chi connectivity index (χ2n) is 5.01. The maximum absolute atomic E-state index is 12.5. The van der Waals surface area contributed by atoms with Gasteiger partial charge in [0, 0.05) is 18.8 Å². The molecule has 1 saturated heterocycles. The average molecular weight is 262 g/mol. The maximum Gasteiger partial charge on any atom is 0.255 e. The van der Waals surface area contributed by atoms with Gasteiger partial charge in [-0.05, 0) is 37.8 Å². The van der Waals surface area contributed by atoms with Crippen LogP contribution in [-0.2, 0) is 0 Å². The third-order valence-corrected chi connectivity index (χ3v) is 3.67. The molecule has 104 valence electrons. The van der Waals surface area contributed by atoms with E-state index < -0.39 is 0 Å². The molecule has 1 aromatic rings. The summed E-state index contributed by atoms with van der Waals surface area (Å²) in [5.74, 6) is 5.93. The van der Waals surface area contributed by atoms with Gasteiger partial charge in [-0.15, -0.1) is 0 Å². The minimum Gasteiger partial charge on any atom is -0.336 e. The van der Waals surface area contributed by atoms with E-state index in [-0.39, 0.29) is 5.91 Å². The lowest BCUT2D eigenvalue weighted by Crippen LogP contribution is -2.43. The van der Waals surface area contributed by atoms with E-state index in [1.165, 1.54) is 6.42 Å². The number of carbonyl (C=O) groups is 1. The molecule has 5 nitrogen and oxygen atoms in total. The first kappa shape index (κ1) is 13.8. The van der Waals surface area contributed by atoms with E-state index in [0.29, 0.717) is 17.4 Å². The fraction of sp³-hybridized carbons (Fsp3) is 0.571. The Morgan fingerprint density at radius 2 is 2.37 bits per heavy atom. The zero-order chi connectivity index (χ0) is 13.7. The lowest BCUT2D eigenvalue weighted by atomic mass is 9.97. The number of hydrogen-bond donors (Lipinski definition) is 2. The summed E-state index contributed by atoms with van der Waals surface area (Å²) in [5.41, 5.74) is 3.11. The summed E-state index contributed by atoms with van der Waals surface area (Å²) < 4.78 is 0. The van der Waals surface area contributed by atoms with Crippen molar-refractivity contribution in [1.29, 1.82) is 0 Å². The average Bonchev–Trinajstić information content (AvgIpc) is 2.47. The van der Waals surface area contributed by atoms with Gasteiger partial charge in [-0.25, -0.2) is 10.8 Å². The van der Waals surface area contributed by atoms with Gasteiger partial charge in [-0.2, -0.15) is 0 Å². The minimum absolute atomic E-state index is 0.0919. The number of carbonyl (C=O) groups excluding carboxylic acids is 1. The van der Waals surface area contributed by atoms with Crippen molar-refractivity contribution in [3.63, 3.8) is 0 Å². The number of amides is 1. The Morgan fingerprint density at radius 1 is 1.53 bits per heavy atom. The third kappa shape index (κ3) is 3.23. The van der Waals surface area contributed by atoms with Crippen LogP contribution >= 0.6 is 0 Å². The van der Waals surface area contributed by atoms with E-state index in [2.05, 4.69) is 17.3 Å². The van der Waals surface area contributed by atoms with Crippen molar-refractivity contribution in [2.24, 2.45) is 5.84 Å². The van der Waals surface area contributed by atoms with E-state index >= 15 is 0 Å². The molecule has 1 amide bonds. The monoisotopic (exact) mass is 262 g/mol. The Kier molecular flexibility index (Phi) is 4.74. The van der Waals surface area contributed by atoms with Crippen LogP contribution in [-0.4, -0.2) is 28.4 Å². The minimum atomic E-state index is 0.0919. The molecule has 1 aromatic heterocycles. The van der Waals surface area contributed by atoms with Crippen LogP contribution in [0.3, 0.4) is 0 Å². The summed E-state index contributed by atoms with van der Waals surface area (Å²) in [7, 11) is 0. The lowest BCUT2D eigenvalue weighted by Gasteiger charge is -2.35. The molecule has 1 aliphatic rings. The van der Waals surface area contributed by atoms with Crippen LogP contribution in [0.25, 0.3) is 0 Å². The molecule has 2 rings (SSSR count). The fourth-order valence-electron chi connectivity index (χ4n) is 2.67. The molecule has 1 unspecified atom stereocenters. The molecule has 1 atom stereocenters. The van der Waals surface area contributed by atoms with Crippen molar-refractivity contribution >= 4 is 11.7 Å². The quantitative estimate of drug-likeness (QED) is 0.644. The number of nitrogens with one attached hydrogen (secondary N) is 1. The number of piperidine rings is 1. The highest BCUT2D eigenvalue weighted by molar-refractivity contribution is 5.94. The van der Waals surface area contributed by atoms with Crippen molar-refractivity contribution in [1.82, 2.24) is 9.88 Å². The molecule has 1 aliphatic heterocycles. The van der Waals surface area contributed by atoms with Crippen LogP contribution in [0, 0.1) is 0 Å². The second kappa shape index (κ2) is 6.52. The van der Waals surface area contributed by atoms with Gasteiger partial charge in [0.2, 0.25) is 0 Å². The van der Waals surface area contributed by atoms with Crippen molar-refractivity contribution in [2.45, 2.75) is 45.1 Å². The smallest absolute Gasteiger partial charge is 0.255 e. The molecule has 19 heavy (non-hydrogen) atoms. The highest BCUT2D eigenvalue weighted by atomic mass is 16.2. The Labute approximate surface area is 114 Å². The maximum atomic E-state index is 12.5. The SMILES string of the molecule is CCCC1CCCCN1C(=O)c1ccc(NN)nc1. The van der Waals surface area contributed by atoms with Gasteiger partial charge in [-0.3, -0.25) is 4.79 Å². The molecule has 0 radical (unpaired) electrons. The van der Waals surface area contributed by atoms with Crippen molar-refractivity contribution in [2.75, 3.05) is 12.0 Å². The van der Waals surface area contributed by atoms with E-state index in [0.717, 1.165) is 32.2 Å². The number of nitrogens with zero attached hydrogens (tertiary/aromatic N) is 2. The lowest BCUT2D eigenvalue weighted by molar-refractivity contribution is 0.0600. The fourth-order valence-corrected chi connectivity index (χ4v) is 2.67. The first-order valence-electron chi connectivity index (χ1n) is 7.00. The largest absolute Gasteiger partial charge is 0.336 e. The number of nitrogen functional groups attached to an aromatic ring is 1. The van der Waals surface area contributed by atoms with Crippen LogP contribution in [0.1, 0.15) is 49.4 Å². The second-order valence-corrected chi connectivity index (χ2v) is 5.01. The molecule has 1 fully saturated rings. The number of hydrazine groups is 1. The Bertz CT molecular complexity index is 416. The molecular formula is C14H22N4O. The normalized spacial score (nSPS) is 19.3. The van der Waals surface area contributed by atoms with Crippen LogP contribution in [0.2, 0.25) is 0 Å². The van der Waals surface area contributed by atoms with Gasteiger partial charge in [0.15, 0.2) is 0 Å². The summed E-state index contributed by atoms with van der Waals surface area (Å²) in [6.45, 7) is 3.03. The molecule has 0 bridgehead atoms. The molecule has 3 N–H and O–H groups in total. The third-order valence-electron chi connectivity index (χ3n) is 3.67. The van der Waals surface area contributed by atoms with E-state index in [4.69, 9.17) is 5.84 Å². The van der Waals surface area contributed by atoms with Crippen LogP contribution in [0.4, 0.5) is 5.82 Å². The zero-order valence-corrected chi connectivity index (χ0v) is 11.4. The van der Waals surface area contributed by atoms with E-state index in [9.17, 15) is 4.79 Å². The highest BCUT2D eigenvalue weighted by Crippen LogP contribution is 2.23. The highest BCUT2D eigenvalue weighted by Gasteiger charge is 2.26. The van der Waals surface area contributed by atoms with E-state index in [1.54, 1.807) is 18.3 Å². The van der Waals surface area contributed by atoms with Gasteiger partial charge in [0.25, 0.3) is 5.91 Å². The van der Waals surface area contributed by atoms with Gasteiger partial charge in [-0.1, -0.05) is 13.3 Å². The van der Waals surface area contributed by atoms with Gasteiger partial charge < -0.3 is 10.3 Å². The molecule has 0 spiro atoms. The van der Waals surface area contributed by atoms with Gasteiger partial charge in [0.1, 0.15) is 5.82 Å². The predicted molar refractivity (Wildman–Crippen MR) is 75.6 cm³/mol. The van der Waals surface area contributed by atoms with Gasteiger partial charge >= 0.3 is 0 Å². The molecule has 2 heterocycles. The molecule has 5 heteroatoms. The molecule has 0 saturated carbocycles. The topological polar surface area (TPSA) is 71.2 Å². The van der Waals surface area contributed by atoms with Crippen LogP contribution in [0.5, 0.6) is 0 Å². The summed E-state index contributed by atoms with van der Waals surface area (Å²) in [6, 6.07) is 3.90. The van der Waals surface area contributed by atoms with Crippen molar-refractivity contribution < 1.29 is 4.79 Å². The predicted octanol–water partition coefficient (Wildman–Crippen LogP) is 2.16. The molecule has 0 aromatic carbocycles. The summed E-state index contributed by atoms with van der Waals surface area (Å²) in [4.78, 5) is 18.6. The summed E-state index contributed by atoms with van der Waals surface area (Å²) >= 11 is 0. The number of anilines is 1.